The molecule has 0 atom stereocenters. The second-order valence-corrected chi connectivity index (χ2v) is 7.36. The zero-order valence-corrected chi connectivity index (χ0v) is 15.4. The Morgan fingerprint density at radius 2 is 1.63 bits per heavy atom. The number of ether oxygens (including phenoxy) is 1. The van der Waals surface area contributed by atoms with Gasteiger partial charge in [0.1, 0.15) is 11.6 Å². The summed E-state index contributed by atoms with van der Waals surface area (Å²) in [5.74, 6) is 0.758. The van der Waals surface area contributed by atoms with Crippen LogP contribution in [0, 0.1) is 12.7 Å². The molecule has 0 saturated heterocycles. The third kappa shape index (κ3) is 4.50. The molecular formula is C18H17FN4O3S. The van der Waals surface area contributed by atoms with E-state index in [1.54, 1.807) is 25.3 Å². The summed E-state index contributed by atoms with van der Waals surface area (Å²) < 4.78 is 45.5. The number of aryl methyl sites for hydroxylation is 1. The zero-order chi connectivity index (χ0) is 19.4. The molecule has 140 valence electrons. The molecule has 7 nitrogen and oxygen atoms in total. The number of methoxy groups -OCH3 is 1. The highest BCUT2D eigenvalue weighted by Gasteiger charge is 2.16. The Balaban J connectivity index is 1.71. The molecule has 0 saturated carbocycles. The Labute approximate surface area is 156 Å². The summed E-state index contributed by atoms with van der Waals surface area (Å²) in [5, 5.41) is 10.8. The summed E-state index contributed by atoms with van der Waals surface area (Å²) in [6.07, 6.45) is 0. The highest BCUT2D eigenvalue weighted by atomic mass is 32.2. The summed E-state index contributed by atoms with van der Waals surface area (Å²) in [4.78, 5) is -0.0522. The van der Waals surface area contributed by atoms with Crippen LogP contribution in [0.2, 0.25) is 0 Å². The molecule has 0 spiro atoms. The topological polar surface area (TPSA) is 93.2 Å². The van der Waals surface area contributed by atoms with Gasteiger partial charge in [0.25, 0.3) is 10.0 Å². The third-order valence-electron chi connectivity index (χ3n) is 3.71. The lowest BCUT2D eigenvalue weighted by Gasteiger charge is -2.09. The van der Waals surface area contributed by atoms with E-state index in [9.17, 15) is 12.8 Å². The fraction of sp³-hybridized carbons (Fsp3) is 0.111. The first-order valence-electron chi connectivity index (χ1n) is 7.91. The lowest BCUT2D eigenvalue weighted by Crippen LogP contribution is -2.14. The second kappa shape index (κ2) is 7.58. The number of benzene rings is 2. The van der Waals surface area contributed by atoms with Crippen molar-refractivity contribution in [2.75, 3.05) is 17.1 Å². The summed E-state index contributed by atoms with van der Waals surface area (Å²) >= 11 is 0. The van der Waals surface area contributed by atoms with Crippen LogP contribution in [0.3, 0.4) is 0 Å². The highest BCUT2D eigenvalue weighted by Crippen LogP contribution is 2.20. The maximum Gasteiger partial charge on any atom is 0.263 e. The molecule has 3 aromatic rings. The summed E-state index contributed by atoms with van der Waals surface area (Å²) in [5.41, 5.74) is 1.02. The smallest absolute Gasteiger partial charge is 0.263 e. The van der Waals surface area contributed by atoms with Gasteiger partial charge in [0.2, 0.25) is 0 Å². The van der Waals surface area contributed by atoms with Crippen LogP contribution in [0.25, 0.3) is 0 Å². The number of aromatic nitrogens is 2. The molecule has 0 aliphatic heterocycles. The second-order valence-electron chi connectivity index (χ2n) is 5.67. The van der Waals surface area contributed by atoms with Gasteiger partial charge in [-0.2, -0.15) is 0 Å². The Kier molecular flexibility index (Phi) is 5.22. The van der Waals surface area contributed by atoms with Crippen LogP contribution in [-0.4, -0.2) is 25.7 Å². The van der Waals surface area contributed by atoms with Crippen LogP contribution in [0.15, 0.2) is 59.5 Å². The molecule has 0 amide bonds. The van der Waals surface area contributed by atoms with Gasteiger partial charge in [0.05, 0.1) is 12.0 Å². The van der Waals surface area contributed by atoms with Crippen LogP contribution < -0.4 is 14.8 Å². The van der Waals surface area contributed by atoms with E-state index < -0.39 is 15.8 Å². The predicted octanol–water partition coefficient (Wildman–Crippen LogP) is 3.48. The number of nitrogens with one attached hydrogen (secondary N) is 2. The van der Waals surface area contributed by atoms with Gasteiger partial charge in [-0.1, -0.05) is 0 Å². The lowest BCUT2D eigenvalue weighted by atomic mass is 10.2. The molecule has 27 heavy (non-hydrogen) atoms. The number of hydrogen-bond acceptors (Lipinski definition) is 6. The number of halogens is 1. The first kappa shape index (κ1) is 18.6. The lowest BCUT2D eigenvalue weighted by molar-refractivity contribution is 0.415. The SMILES string of the molecule is COc1ccc(Nc2ccc(NS(=O)(=O)c3ccc(F)c(C)c3)nn2)cc1. The molecule has 3 rings (SSSR count). The van der Waals surface area contributed by atoms with Crippen LogP contribution >= 0.6 is 0 Å². The monoisotopic (exact) mass is 388 g/mol. The minimum absolute atomic E-state index is 0.0522. The predicted molar refractivity (Wildman–Crippen MR) is 100 cm³/mol. The van der Waals surface area contributed by atoms with E-state index in [0.717, 1.165) is 17.5 Å². The van der Waals surface area contributed by atoms with Crippen molar-refractivity contribution < 1.29 is 17.5 Å². The number of sulfonamides is 1. The minimum atomic E-state index is -3.89. The number of anilines is 3. The van der Waals surface area contributed by atoms with Crippen molar-refractivity contribution in [1.82, 2.24) is 10.2 Å². The van der Waals surface area contributed by atoms with Gasteiger partial charge in [0, 0.05) is 5.69 Å². The van der Waals surface area contributed by atoms with E-state index in [2.05, 4.69) is 20.2 Å². The fourth-order valence-electron chi connectivity index (χ4n) is 2.26. The van der Waals surface area contributed by atoms with E-state index in [0.29, 0.717) is 5.82 Å². The molecular weight excluding hydrogens is 371 g/mol. The van der Waals surface area contributed by atoms with E-state index >= 15 is 0 Å². The van der Waals surface area contributed by atoms with Crippen molar-refractivity contribution in [3.63, 3.8) is 0 Å². The molecule has 1 heterocycles. The minimum Gasteiger partial charge on any atom is -0.497 e. The quantitative estimate of drug-likeness (QED) is 0.672. The van der Waals surface area contributed by atoms with Gasteiger partial charge < -0.3 is 10.1 Å². The third-order valence-corrected chi connectivity index (χ3v) is 5.06. The molecule has 2 aromatic carbocycles. The largest absolute Gasteiger partial charge is 0.497 e. The summed E-state index contributed by atoms with van der Waals surface area (Å²) in [6.45, 7) is 1.49. The molecule has 0 radical (unpaired) electrons. The Bertz CT molecular complexity index is 1040. The Morgan fingerprint density at radius 1 is 0.963 bits per heavy atom. The maximum absolute atomic E-state index is 13.3. The average Bonchev–Trinajstić information content (AvgIpc) is 2.66. The van der Waals surface area contributed by atoms with Gasteiger partial charge >= 0.3 is 0 Å². The van der Waals surface area contributed by atoms with Crippen LogP contribution in [0.4, 0.5) is 21.7 Å². The Hall–Kier alpha value is -3.20. The number of nitrogens with zero attached hydrogens (tertiary/aromatic N) is 2. The van der Waals surface area contributed by atoms with Crippen LogP contribution in [0.5, 0.6) is 5.75 Å². The van der Waals surface area contributed by atoms with Gasteiger partial charge in [0.15, 0.2) is 11.6 Å². The summed E-state index contributed by atoms with van der Waals surface area (Å²) in [6, 6.07) is 13.8. The van der Waals surface area contributed by atoms with Crippen molar-refractivity contribution in [1.29, 1.82) is 0 Å². The normalized spacial score (nSPS) is 11.1. The van der Waals surface area contributed by atoms with Crippen LogP contribution in [0.1, 0.15) is 5.56 Å². The van der Waals surface area contributed by atoms with E-state index in [4.69, 9.17) is 4.74 Å². The van der Waals surface area contributed by atoms with Crippen molar-refractivity contribution in [2.45, 2.75) is 11.8 Å². The van der Waals surface area contributed by atoms with Gasteiger partial charge in [-0.05, 0) is 67.1 Å². The van der Waals surface area contributed by atoms with Crippen molar-refractivity contribution in [2.24, 2.45) is 0 Å². The Morgan fingerprint density at radius 3 is 2.22 bits per heavy atom. The first-order chi connectivity index (χ1) is 12.9. The fourth-order valence-corrected chi connectivity index (χ4v) is 3.34. The molecule has 0 aliphatic carbocycles. The molecule has 0 unspecified atom stereocenters. The number of hydrogen-bond donors (Lipinski definition) is 2. The average molecular weight is 388 g/mol. The molecule has 0 fully saturated rings. The first-order valence-corrected chi connectivity index (χ1v) is 9.39. The standard InChI is InChI=1S/C18H17FN4O3S/c1-12-11-15(7-8-16(12)19)27(24,25)23-18-10-9-17(21-22-18)20-13-3-5-14(26-2)6-4-13/h3-11H,1-2H3,(H,20,21)(H,22,23). The van der Waals surface area contributed by atoms with E-state index in [-0.39, 0.29) is 16.3 Å². The highest BCUT2D eigenvalue weighted by molar-refractivity contribution is 7.92. The molecule has 9 heteroatoms. The van der Waals surface area contributed by atoms with Gasteiger partial charge in [-0.15, -0.1) is 10.2 Å². The molecule has 2 N–H and O–H groups in total. The van der Waals surface area contributed by atoms with E-state index in [1.807, 2.05) is 12.1 Å². The molecule has 0 aliphatic rings. The van der Waals surface area contributed by atoms with Gasteiger partial charge in [-0.25, -0.2) is 12.8 Å². The zero-order valence-electron chi connectivity index (χ0n) is 14.6. The van der Waals surface area contributed by atoms with Crippen molar-refractivity contribution in [3.05, 3.63) is 66.0 Å². The van der Waals surface area contributed by atoms with Crippen molar-refractivity contribution in [3.8, 4) is 5.75 Å². The molecule has 0 bridgehead atoms. The van der Waals surface area contributed by atoms with Gasteiger partial charge in [-0.3, -0.25) is 4.72 Å². The van der Waals surface area contributed by atoms with Crippen LogP contribution in [-0.2, 0) is 10.0 Å². The van der Waals surface area contributed by atoms with Crippen molar-refractivity contribution >= 4 is 27.3 Å². The number of rotatable bonds is 6. The summed E-state index contributed by atoms with van der Waals surface area (Å²) in [7, 11) is -2.30. The maximum atomic E-state index is 13.3. The van der Waals surface area contributed by atoms with E-state index in [1.165, 1.54) is 25.1 Å². The molecule has 1 aromatic heterocycles.